The summed E-state index contributed by atoms with van der Waals surface area (Å²) in [4.78, 5) is 18.4. The average Bonchev–Trinajstić information content (AvgIpc) is 3.41. The lowest BCUT2D eigenvalue weighted by Gasteiger charge is -2.38. The number of carbonyl (C=O) groups excluding carboxylic acids is 1. The molecule has 39 heavy (non-hydrogen) atoms. The maximum absolute atomic E-state index is 14.4. The minimum absolute atomic E-state index is 0.194. The zero-order valence-corrected chi connectivity index (χ0v) is 23.2. The third-order valence-corrected chi connectivity index (χ3v) is 7.52. The van der Waals surface area contributed by atoms with E-state index in [0.29, 0.717) is 35.4 Å². The molecule has 2 aromatic rings. The molecule has 2 saturated heterocycles. The fourth-order valence-electron chi connectivity index (χ4n) is 5.64. The van der Waals surface area contributed by atoms with E-state index in [1.165, 1.54) is 33.5 Å². The standard InChI is InChI=1S/C30H38F2N2O5/c1-20(14-21-7-8-23(31)17-26(21)32)18-33(19-25-6-5-11-34(25)24-9-12-39-13-10-24)30(35)22-15-27(36-2)29(38-4)28(16-22)37-3/h7-8,14-17,24-25H,5-6,9-13,18-19H2,1-4H3/b20-14+/t25-/m0/s1. The van der Waals surface area contributed by atoms with Crippen molar-refractivity contribution in [3.63, 3.8) is 0 Å². The SMILES string of the molecule is COc1cc(C(=O)N(C/C(C)=C/c2ccc(F)cc2F)C[C@@H]2CCCN2C2CCOCC2)cc(OC)c1OC. The van der Waals surface area contributed by atoms with Crippen molar-refractivity contribution in [1.29, 1.82) is 0 Å². The van der Waals surface area contributed by atoms with Gasteiger partial charge in [0.05, 0.1) is 21.3 Å². The molecule has 9 heteroatoms. The molecule has 212 valence electrons. The second-order valence-electron chi connectivity index (χ2n) is 10.1. The maximum Gasteiger partial charge on any atom is 0.254 e. The van der Waals surface area contributed by atoms with Crippen LogP contribution in [0.3, 0.4) is 0 Å². The highest BCUT2D eigenvalue weighted by Gasteiger charge is 2.34. The predicted octanol–water partition coefficient (Wildman–Crippen LogP) is 5.18. The third-order valence-electron chi connectivity index (χ3n) is 7.52. The molecule has 2 fully saturated rings. The lowest BCUT2D eigenvalue weighted by molar-refractivity contribution is 0.0233. The van der Waals surface area contributed by atoms with E-state index in [9.17, 15) is 13.6 Å². The number of hydrogen-bond acceptors (Lipinski definition) is 6. The number of likely N-dealkylation sites (tertiary alicyclic amines) is 1. The molecule has 0 saturated carbocycles. The minimum Gasteiger partial charge on any atom is -0.493 e. The number of benzene rings is 2. The molecular weight excluding hydrogens is 506 g/mol. The topological polar surface area (TPSA) is 60.5 Å². The number of nitrogens with zero attached hydrogens (tertiary/aromatic N) is 2. The predicted molar refractivity (Wildman–Crippen MR) is 146 cm³/mol. The summed E-state index contributed by atoms with van der Waals surface area (Å²) in [6.45, 7) is 5.16. The summed E-state index contributed by atoms with van der Waals surface area (Å²) in [6, 6.07) is 7.45. The molecule has 0 unspecified atom stereocenters. The minimum atomic E-state index is -0.640. The van der Waals surface area contributed by atoms with Crippen LogP contribution in [0.25, 0.3) is 6.08 Å². The largest absolute Gasteiger partial charge is 0.493 e. The zero-order valence-electron chi connectivity index (χ0n) is 23.2. The Morgan fingerprint density at radius 3 is 2.36 bits per heavy atom. The van der Waals surface area contributed by atoms with Crippen LogP contribution < -0.4 is 14.2 Å². The lowest BCUT2D eigenvalue weighted by Crippen LogP contribution is -2.48. The van der Waals surface area contributed by atoms with Gasteiger partial charge in [-0.25, -0.2) is 8.78 Å². The first kappa shape index (κ1) is 28.8. The molecule has 4 rings (SSSR count). The molecule has 2 aliphatic rings. The summed E-state index contributed by atoms with van der Waals surface area (Å²) in [7, 11) is 4.54. The first-order valence-electron chi connectivity index (χ1n) is 13.4. The van der Waals surface area contributed by atoms with Gasteiger partial charge in [-0.2, -0.15) is 0 Å². The first-order chi connectivity index (χ1) is 18.8. The van der Waals surface area contributed by atoms with Crippen molar-refractivity contribution in [1.82, 2.24) is 9.80 Å². The fraction of sp³-hybridized carbons (Fsp3) is 0.500. The van der Waals surface area contributed by atoms with Crippen molar-refractivity contribution in [2.75, 3.05) is 54.2 Å². The van der Waals surface area contributed by atoms with Gasteiger partial charge in [-0.15, -0.1) is 0 Å². The Kier molecular flexibility index (Phi) is 9.80. The fourth-order valence-corrected chi connectivity index (χ4v) is 5.64. The number of amides is 1. The highest BCUT2D eigenvalue weighted by molar-refractivity contribution is 5.96. The molecule has 7 nitrogen and oxygen atoms in total. The van der Waals surface area contributed by atoms with Gasteiger partial charge >= 0.3 is 0 Å². The van der Waals surface area contributed by atoms with Gasteiger partial charge in [-0.05, 0) is 63.4 Å². The van der Waals surface area contributed by atoms with E-state index in [0.717, 1.165) is 57.1 Å². The smallest absolute Gasteiger partial charge is 0.254 e. The van der Waals surface area contributed by atoms with Crippen molar-refractivity contribution >= 4 is 12.0 Å². The van der Waals surface area contributed by atoms with Crippen LogP contribution in [0, 0.1) is 11.6 Å². The Balaban J connectivity index is 1.64. The molecule has 2 aromatic carbocycles. The lowest BCUT2D eigenvalue weighted by atomic mass is 10.0. The molecule has 0 spiro atoms. The van der Waals surface area contributed by atoms with Crippen LogP contribution in [0.4, 0.5) is 8.78 Å². The normalized spacial score (nSPS) is 18.7. The Hall–Kier alpha value is -3.17. The third kappa shape index (κ3) is 6.89. The molecule has 0 aliphatic carbocycles. The van der Waals surface area contributed by atoms with Crippen molar-refractivity contribution in [3.05, 3.63) is 58.7 Å². The van der Waals surface area contributed by atoms with Gasteiger partial charge in [0.1, 0.15) is 11.6 Å². The van der Waals surface area contributed by atoms with Crippen LogP contribution in [0.15, 0.2) is 35.9 Å². The van der Waals surface area contributed by atoms with Crippen molar-refractivity contribution in [2.45, 2.75) is 44.7 Å². The summed E-state index contributed by atoms with van der Waals surface area (Å²) in [5.74, 6) is -0.266. The second-order valence-corrected chi connectivity index (χ2v) is 10.1. The van der Waals surface area contributed by atoms with E-state index in [1.54, 1.807) is 23.1 Å². The molecule has 2 aliphatic heterocycles. The molecule has 0 N–H and O–H groups in total. The summed E-state index contributed by atoms with van der Waals surface area (Å²) < 4.78 is 49.8. The molecular formula is C30H38F2N2O5. The highest BCUT2D eigenvalue weighted by Crippen LogP contribution is 2.38. The van der Waals surface area contributed by atoms with Crippen LogP contribution in [-0.4, -0.2) is 82.0 Å². The number of halogens is 2. The second kappa shape index (κ2) is 13.3. The van der Waals surface area contributed by atoms with E-state index in [1.807, 2.05) is 6.92 Å². The molecule has 0 aromatic heterocycles. The van der Waals surface area contributed by atoms with Crippen molar-refractivity contribution in [3.8, 4) is 17.2 Å². The Bertz CT molecular complexity index is 1160. The average molecular weight is 545 g/mol. The van der Waals surface area contributed by atoms with Gasteiger partial charge in [0.15, 0.2) is 11.5 Å². The number of ether oxygens (including phenoxy) is 4. The van der Waals surface area contributed by atoms with E-state index in [2.05, 4.69) is 4.90 Å². The van der Waals surface area contributed by atoms with E-state index >= 15 is 0 Å². The van der Waals surface area contributed by atoms with Crippen molar-refractivity contribution in [2.24, 2.45) is 0 Å². The van der Waals surface area contributed by atoms with Crippen LogP contribution in [0.2, 0.25) is 0 Å². The zero-order chi connectivity index (χ0) is 27.9. The van der Waals surface area contributed by atoms with Gasteiger partial charge in [-0.1, -0.05) is 11.6 Å². The monoisotopic (exact) mass is 544 g/mol. The molecule has 2 heterocycles. The Morgan fingerprint density at radius 2 is 1.74 bits per heavy atom. The molecule has 1 atom stereocenters. The van der Waals surface area contributed by atoms with Crippen LogP contribution >= 0.6 is 0 Å². The van der Waals surface area contributed by atoms with Gasteiger partial charge in [0, 0.05) is 55.6 Å². The molecule has 1 amide bonds. The van der Waals surface area contributed by atoms with Crippen LogP contribution in [0.5, 0.6) is 17.2 Å². The van der Waals surface area contributed by atoms with Gasteiger partial charge in [0.25, 0.3) is 5.91 Å². The summed E-state index contributed by atoms with van der Waals surface area (Å²) >= 11 is 0. The number of hydrogen-bond donors (Lipinski definition) is 0. The van der Waals surface area contributed by atoms with Gasteiger partial charge < -0.3 is 23.8 Å². The van der Waals surface area contributed by atoms with Crippen molar-refractivity contribution < 1.29 is 32.5 Å². The van der Waals surface area contributed by atoms with Gasteiger partial charge in [0.2, 0.25) is 5.75 Å². The highest BCUT2D eigenvalue weighted by atomic mass is 19.1. The first-order valence-corrected chi connectivity index (χ1v) is 13.4. The number of carbonyl (C=O) groups is 1. The van der Waals surface area contributed by atoms with E-state index in [4.69, 9.17) is 18.9 Å². The van der Waals surface area contributed by atoms with E-state index < -0.39 is 11.6 Å². The van der Waals surface area contributed by atoms with Crippen LogP contribution in [-0.2, 0) is 4.74 Å². The summed E-state index contributed by atoms with van der Waals surface area (Å²) in [5, 5.41) is 0. The maximum atomic E-state index is 14.4. The summed E-state index contributed by atoms with van der Waals surface area (Å²) in [6.07, 6.45) is 5.70. The molecule has 0 bridgehead atoms. The Labute approximate surface area is 229 Å². The Morgan fingerprint density at radius 1 is 1.05 bits per heavy atom. The quantitative estimate of drug-likeness (QED) is 0.411. The number of methoxy groups -OCH3 is 3. The van der Waals surface area contributed by atoms with E-state index in [-0.39, 0.29) is 24.1 Å². The summed E-state index contributed by atoms with van der Waals surface area (Å²) in [5.41, 5.74) is 1.46. The number of rotatable bonds is 10. The van der Waals surface area contributed by atoms with Gasteiger partial charge in [-0.3, -0.25) is 9.69 Å². The molecule has 0 radical (unpaired) electrons. The van der Waals surface area contributed by atoms with Crippen LogP contribution in [0.1, 0.15) is 48.5 Å².